The van der Waals surface area contributed by atoms with Gasteiger partial charge in [0.15, 0.2) is 0 Å². The average Bonchev–Trinajstić information content (AvgIpc) is 2.70. The highest BCUT2D eigenvalue weighted by atomic mass is 16.1. The molecule has 1 N–H and O–H groups in total. The van der Waals surface area contributed by atoms with E-state index in [0.717, 1.165) is 36.3 Å². The van der Waals surface area contributed by atoms with Crippen LogP contribution in [-0.2, 0) is 24.2 Å². The second kappa shape index (κ2) is 7.67. The van der Waals surface area contributed by atoms with Crippen molar-refractivity contribution in [1.29, 1.82) is 0 Å². The maximum Gasteiger partial charge on any atom is 0.228 e. The molecule has 4 rings (SSSR count). The van der Waals surface area contributed by atoms with E-state index in [4.69, 9.17) is 0 Å². The summed E-state index contributed by atoms with van der Waals surface area (Å²) >= 11 is 0. The zero-order valence-electron chi connectivity index (χ0n) is 15.6. The lowest BCUT2D eigenvalue weighted by Gasteiger charge is -2.30. The number of rotatable bonds is 4. The van der Waals surface area contributed by atoms with Crippen LogP contribution >= 0.6 is 0 Å². The molecular formula is C24H24N2O. The number of nitrogens with one attached hydrogen (secondary N) is 1. The fraction of sp³-hybridized carbons (Fsp3) is 0.208. The van der Waals surface area contributed by atoms with Gasteiger partial charge in [-0.2, -0.15) is 0 Å². The minimum atomic E-state index is 0.0175. The molecule has 3 heteroatoms. The third kappa shape index (κ3) is 4.03. The monoisotopic (exact) mass is 356 g/mol. The van der Waals surface area contributed by atoms with Crippen molar-refractivity contribution >= 4 is 17.3 Å². The highest BCUT2D eigenvalue weighted by molar-refractivity contribution is 5.92. The maximum absolute atomic E-state index is 12.3. The number of hydrogen-bond acceptors (Lipinski definition) is 2. The first-order valence-corrected chi connectivity index (χ1v) is 9.45. The molecule has 1 heterocycles. The summed E-state index contributed by atoms with van der Waals surface area (Å²) in [5, 5.41) is 3.01. The molecule has 27 heavy (non-hydrogen) atoms. The minimum absolute atomic E-state index is 0.0175. The van der Waals surface area contributed by atoms with E-state index in [1.165, 1.54) is 16.8 Å². The lowest BCUT2D eigenvalue weighted by molar-refractivity contribution is -0.115. The maximum atomic E-state index is 12.3. The van der Waals surface area contributed by atoms with Crippen LogP contribution in [0.15, 0.2) is 72.8 Å². The molecule has 3 nitrogen and oxygen atoms in total. The van der Waals surface area contributed by atoms with E-state index in [1.807, 2.05) is 43.3 Å². The van der Waals surface area contributed by atoms with Crippen molar-refractivity contribution in [3.63, 3.8) is 0 Å². The zero-order chi connectivity index (χ0) is 18.6. The second-order valence-corrected chi connectivity index (χ2v) is 7.14. The van der Waals surface area contributed by atoms with E-state index in [-0.39, 0.29) is 5.91 Å². The normalized spacial score (nSPS) is 13.1. The number of carbonyl (C=O) groups is 1. The third-order valence-corrected chi connectivity index (χ3v) is 5.26. The molecule has 3 aromatic rings. The fourth-order valence-electron chi connectivity index (χ4n) is 3.66. The molecule has 136 valence electrons. The number of aryl methyl sites for hydroxylation is 1. The summed E-state index contributed by atoms with van der Waals surface area (Å²) in [6.45, 7) is 4.00. The summed E-state index contributed by atoms with van der Waals surface area (Å²) in [6, 6.07) is 24.8. The zero-order valence-corrected chi connectivity index (χ0v) is 15.6. The van der Waals surface area contributed by atoms with Crippen molar-refractivity contribution < 1.29 is 4.79 Å². The molecule has 0 saturated heterocycles. The van der Waals surface area contributed by atoms with Gasteiger partial charge >= 0.3 is 0 Å². The summed E-state index contributed by atoms with van der Waals surface area (Å²) in [7, 11) is 0. The Balaban J connectivity index is 1.39. The van der Waals surface area contributed by atoms with Gasteiger partial charge in [0.1, 0.15) is 0 Å². The summed E-state index contributed by atoms with van der Waals surface area (Å²) in [5.41, 5.74) is 7.11. The Morgan fingerprint density at radius 3 is 2.41 bits per heavy atom. The van der Waals surface area contributed by atoms with Gasteiger partial charge in [-0.1, -0.05) is 48.5 Å². The number of benzene rings is 3. The number of fused-ring (bicyclic) bond motifs is 1. The predicted octanol–water partition coefficient (Wildman–Crippen LogP) is 4.74. The molecule has 0 saturated carbocycles. The van der Waals surface area contributed by atoms with Gasteiger partial charge in [-0.25, -0.2) is 0 Å². The van der Waals surface area contributed by atoms with Gasteiger partial charge in [0.2, 0.25) is 5.91 Å². The number of nitrogens with zero attached hydrogens (tertiary/aromatic N) is 1. The molecule has 1 aliphatic rings. The van der Waals surface area contributed by atoms with Crippen LogP contribution in [0.3, 0.4) is 0 Å². The number of carbonyl (C=O) groups excluding carboxylic acids is 1. The smallest absolute Gasteiger partial charge is 0.228 e. The van der Waals surface area contributed by atoms with Crippen molar-refractivity contribution in [2.75, 3.05) is 16.8 Å². The van der Waals surface area contributed by atoms with Crippen LogP contribution in [0.5, 0.6) is 0 Å². The quantitative estimate of drug-likeness (QED) is 0.732. The van der Waals surface area contributed by atoms with E-state index < -0.39 is 0 Å². The Morgan fingerprint density at radius 1 is 0.926 bits per heavy atom. The van der Waals surface area contributed by atoms with E-state index in [9.17, 15) is 4.79 Å². The van der Waals surface area contributed by atoms with Gasteiger partial charge in [0, 0.05) is 24.5 Å². The van der Waals surface area contributed by atoms with Crippen LogP contribution in [0.2, 0.25) is 0 Å². The van der Waals surface area contributed by atoms with Gasteiger partial charge in [-0.15, -0.1) is 0 Å². The van der Waals surface area contributed by atoms with E-state index in [2.05, 4.69) is 46.6 Å². The molecule has 0 radical (unpaired) electrons. The SMILES string of the molecule is Cc1ccccc1CC(=O)Nc1ccc(N2CCc3ccccc3C2)cc1. The van der Waals surface area contributed by atoms with Crippen LogP contribution in [0, 0.1) is 6.92 Å². The summed E-state index contributed by atoms with van der Waals surface area (Å²) in [4.78, 5) is 14.7. The van der Waals surface area contributed by atoms with Crippen LogP contribution in [0.1, 0.15) is 22.3 Å². The first-order valence-electron chi connectivity index (χ1n) is 9.45. The molecule has 1 amide bonds. The molecule has 0 unspecified atom stereocenters. The highest BCUT2D eigenvalue weighted by Gasteiger charge is 2.16. The summed E-state index contributed by atoms with van der Waals surface area (Å²) in [5.74, 6) is 0.0175. The van der Waals surface area contributed by atoms with Crippen molar-refractivity contribution in [3.05, 3.63) is 95.1 Å². The Hall–Kier alpha value is -3.07. The standard InChI is InChI=1S/C24H24N2O/c1-18-6-2-3-8-20(18)16-24(27)25-22-10-12-23(13-11-22)26-15-14-19-7-4-5-9-21(19)17-26/h2-13H,14-17H2,1H3,(H,25,27). The van der Waals surface area contributed by atoms with Crippen LogP contribution in [0.25, 0.3) is 0 Å². The Morgan fingerprint density at radius 2 is 1.63 bits per heavy atom. The van der Waals surface area contributed by atoms with Gasteiger partial charge in [-0.3, -0.25) is 4.79 Å². The van der Waals surface area contributed by atoms with E-state index in [1.54, 1.807) is 0 Å². The molecular weight excluding hydrogens is 332 g/mol. The largest absolute Gasteiger partial charge is 0.367 e. The number of amides is 1. The highest BCUT2D eigenvalue weighted by Crippen LogP contribution is 2.25. The minimum Gasteiger partial charge on any atom is -0.367 e. The molecule has 0 bridgehead atoms. The molecule has 0 atom stereocenters. The third-order valence-electron chi connectivity index (χ3n) is 5.26. The van der Waals surface area contributed by atoms with E-state index >= 15 is 0 Å². The Kier molecular flexibility index (Phi) is 4.93. The van der Waals surface area contributed by atoms with Crippen molar-refractivity contribution in [2.45, 2.75) is 26.3 Å². The summed E-state index contributed by atoms with van der Waals surface area (Å²) in [6.07, 6.45) is 1.47. The van der Waals surface area contributed by atoms with Crippen LogP contribution < -0.4 is 10.2 Å². The molecule has 1 aliphatic heterocycles. The second-order valence-electron chi connectivity index (χ2n) is 7.14. The van der Waals surface area contributed by atoms with Gasteiger partial charge < -0.3 is 10.2 Å². The van der Waals surface area contributed by atoms with Crippen molar-refractivity contribution in [2.24, 2.45) is 0 Å². The average molecular weight is 356 g/mol. The molecule has 0 aliphatic carbocycles. The molecule has 0 aromatic heterocycles. The van der Waals surface area contributed by atoms with Gasteiger partial charge in [0.05, 0.1) is 6.42 Å². The van der Waals surface area contributed by atoms with Crippen molar-refractivity contribution in [1.82, 2.24) is 0 Å². The Bertz CT molecular complexity index is 947. The first-order chi connectivity index (χ1) is 13.2. The molecule has 0 spiro atoms. The van der Waals surface area contributed by atoms with Gasteiger partial charge in [0.25, 0.3) is 0 Å². The van der Waals surface area contributed by atoms with Crippen LogP contribution in [0.4, 0.5) is 11.4 Å². The predicted molar refractivity (Wildman–Crippen MR) is 111 cm³/mol. The van der Waals surface area contributed by atoms with Crippen molar-refractivity contribution in [3.8, 4) is 0 Å². The lowest BCUT2D eigenvalue weighted by atomic mass is 9.99. The van der Waals surface area contributed by atoms with E-state index in [0.29, 0.717) is 6.42 Å². The number of anilines is 2. The molecule has 0 fully saturated rings. The fourth-order valence-corrected chi connectivity index (χ4v) is 3.66. The molecule has 3 aromatic carbocycles. The van der Waals surface area contributed by atoms with Crippen LogP contribution in [-0.4, -0.2) is 12.5 Å². The number of hydrogen-bond donors (Lipinski definition) is 1. The topological polar surface area (TPSA) is 32.3 Å². The first kappa shape index (κ1) is 17.3. The van der Waals surface area contributed by atoms with Gasteiger partial charge in [-0.05, 0) is 59.9 Å². The lowest BCUT2D eigenvalue weighted by Crippen LogP contribution is -2.30. The Labute approximate surface area is 160 Å². The summed E-state index contributed by atoms with van der Waals surface area (Å²) < 4.78 is 0.